The van der Waals surface area contributed by atoms with Crippen molar-refractivity contribution in [3.63, 3.8) is 0 Å². The van der Waals surface area contributed by atoms with Crippen molar-refractivity contribution in [2.75, 3.05) is 7.05 Å². The Hall–Kier alpha value is -2.56. The van der Waals surface area contributed by atoms with Gasteiger partial charge in [0, 0.05) is 13.6 Å². The van der Waals surface area contributed by atoms with Crippen molar-refractivity contribution in [2.24, 2.45) is 5.92 Å². The first kappa shape index (κ1) is 17.8. The van der Waals surface area contributed by atoms with Crippen molar-refractivity contribution in [3.8, 4) is 0 Å². The summed E-state index contributed by atoms with van der Waals surface area (Å²) >= 11 is 0. The van der Waals surface area contributed by atoms with Crippen LogP contribution < -0.4 is 0 Å². The molecule has 5 heteroatoms. The van der Waals surface area contributed by atoms with Crippen LogP contribution >= 0.6 is 0 Å². The molecule has 2 aromatic heterocycles. The molecular formula is C22H27N3O2. The second kappa shape index (κ2) is 7.99. The van der Waals surface area contributed by atoms with E-state index >= 15 is 0 Å². The average Bonchev–Trinajstić information content (AvgIpc) is 3.34. The van der Waals surface area contributed by atoms with Crippen molar-refractivity contribution < 1.29 is 9.21 Å². The summed E-state index contributed by atoms with van der Waals surface area (Å²) in [6.45, 7) is 1.43. The van der Waals surface area contributed by atoms with Crippen molar-refractivity contribution >= 4 is 16.9 Å². The minimum atomic E-state index is -0.120. The smallest absolute Gasteiger partial charge is 0.289 e. The van der Waals surface area contributed by atoms with Gasteiger partial charge in [0.05, 0.1) is 23.8 Å². The largest absolute Gasteiger partial charge is 0.459 e. The number of rotatable bonds is 6. The third-order valence-corrected chi connectivity index (χ3v) is 5.68. The molecule has 0 bridgehead atoms. The Morgan fingerprint density at radius 2 is 2.00 bits per heavy atom. The van der Waals surface area contributed by atoms with Gasteiger partial charge >= 0.3 is 0 Å². The zero-order valence-electron chi connectivity index (χ0n) is 15.9. The molecule has 0 unspecified atom stereocenters. The highest BCUT2D eigenvalue weighted by atomic mass is 16.3. The van der Waals surface area contributed by atoms with Gasteiger partial charge in [0.1, 0.15) is 5.82 Å². The number of aromatic nitrogens is 2. The summed E-state index contributed by atoms with van der Waals surface area (Å²) in [4.78, 5) is 19.0. The second-order valence-corrected chi connectivity index (χ2v) is 7.60. The van der Waals surface area contributed by atoms with E-state index in [-0.39, 0.29) is 5.91 Å². The first-order valence-electron chi connectivity index (χ1n) is 9.95. The molecule has 1 fully saturated rings. The van der Waals surface area contributed by atoms with E-state index in [4.69, 9.17) is 9.40 Å². The summed E-state index contributed by atoms with van der Waals surface area (Å²) in [7, 11) is 1.80. The van der Waals surface area contributed by atoms with Crippen LogP contribution in [-0.2, 0) is 13.1 Å². The lowest BCUT2D eigenvalue weighted by atomic mass is 9.87. The van der Waals surface area contributed by atoms with Crippen LogP contribution in [0, 0.1) is 5.92 Å². The Bertz CT molecular complexity index is 892. The zero-order valence-corrected chi connectivity index (χ0v) is 15.9. The van der Waals surface area contributed by atoms with Crippen LogP contribution in [0.1, 0.15) is 54.9 Å². The summed E-state index contributed by atoms with van der Waals surface area (Å²) < 4.78 is 7.55. The molecule has 0 N–H and O–H groups in total. The molecular weight excluding hydrogens is 338 g/mol. The average molecular weight is 365 g/mol. The van der Waals surface area contributed by atoms with Crippen LogP contribution in [0.3, 0.4) is 0 Å². The number of hydrogen-bond acceptors (Lipinski definition) is 3. The van der Waals surface area contributed by atoms with E-state index in [2.05, 4.69) is 16.7 Å². The molecule has 0 radical (unpaired) electrons. The maximum atomic E-state index is 12.5. The highest BCUT2D eigenvalue weighted by molar-refractivity contribution is 5.91. The lowest BCUT2D eigenvalue weighted by Crippen LogP contribution is -2.27. The Morgan fingerprint density at radius 3 is 2.78 bits per heavy atom. The van der Waals surface area contributed by atoms with Gasteiger partial charge in [0.15, 0.2) is 5.76 Å². The number of fused-ring (bicyclic) bond motifs is 1. The Morgan fingerprint density at radius 1 is 1.19 bits per heavy atom. The highest BCUT2D eigenvalue weighted by Crippen LogP contribution is 2.28. The van der Waals surface area contributed by atoms with E-state index in [0.29, 0.717) is 12.3 Å². The first-order valence-corrected chi connectivity index (χ1v) is 9.95. The topological polar surface area (TPSA) is 51.3 Å². The molecule has 27 heavy (non-hydrogen) atoms. The van der Waals surface area contributed by atoms with E-state index in [0.717, 1.165) is 29.3 Å². The van der Waals surface area contributed by atoms with Gasteiger partial charge in [-0.2, -0.15) is 0 Å². The fourth-order valence-corrected chi connectivity index (χ4v) is 4.16. The molecule has 2 heterocycles. The van der Waals surface area contributed by atoms with E-state index in [1.54, 1.807) is 24.1 Å². The SMILES string of the molecule is CN(Cc1nc2ccccc2n1CCC1CCCCC1)C(=O)c1ccco1. The zero-order chi connectivity index (χ0) is 18.6. The van der Waals surface area contributed by atoms with Crippen LogP contribution in [0.25, 0.3) is 11.0 Å². The van der Waals surface area contributed by atoms with E-state index < -0.39 is 0 Å². The lowest BCUT2D eigenvalue weighted by Gasteiger charge is -2.23. The molecule has 0 aliphatic heterocycles. The molecule has 4 rings (SSSR count). The number of para-hydroxylation sites is 2. The molecule has 1 amide bonds. The number of carbonyl (C=O) groups is 1. The monoisotopic (exact) mass is 365 g/mol. The van der Waals surface area contributed by atoms with E-state index in [9.17, 15) is 4.79 Å². The number of nitrogens with zero attached hydrogens (tertiary/aromatic N) is 3. The number of amides is 1. The van der Waals surface area contributed by atoms with E-state index in [1.807, 2.05) is 12.1 Å². The number of carbonyl (C=O) groups excluding carboxylic acids is 1. The lowest BCUT2D eigenvalue weighted by molar-refractivity contribution is 0.0748. The fourth-order valence-electron chi connectivity index (χ4n) is 4.16. The van der Waals surface area contributed by atoms with Crippen molar-refractivity contribution in [1.29, 1.82) is 0 Å². The van der Waals surface area contributed by atoms with Crippen LogP contribution in [0.4, 0.5) is 0 Å². The predicted octanol–water partition coefficient (Wildman–Crippen LogP) is 4.87. The molecule has 0 atom stereocenters. The maximum Gasteiger partial charge on any atom is 0.289 e. The van der Waals surface area contributed by atoms with Crippen molar-refractivity contribution in [1.82, 2.24) is 14.5 Å². The van der Waals surface area contributed by atoms with Crippen LogP contribution in [0.15, 0.2) is 47.1 Å². The van der Waals surface area contributed by atoms with Crippen LogP contribution in [0.5, 0.6) is 0 Å². The Kier molecular flexibility index (Phi) is 5.28. The predicted molar refractivity (Wildman–Crippen MR) is 105 cm³/mol. The number of aryl methyl sites for hydroxylation is 1. The normalized spacial score (nSPS) is 15.3. The first-order chi connectivity index (χ1) is 13.2. The van der Waals surface area contributed by atoms with Gasteiger partial charge in [-0.25, -0.2) is 4.98 Å². The Balaban J connectivity index is 1.54. The summed E-state index contributed by atoms with van der Waals surface area (Å²) in [6.07, 6.45) is 9.52. The van der Waals surface area contributed by atoms with Gasteiger partial charge in [-0.05, 0) is 36.6 Å². The Labute approximate surface area is 160 Å². The molecule has 1 aliphatic carbocycles. The standard InChI is InChI=1S/C22H27N3O2/c1-24(22(26)20-12-7-15-27-20)16-21-23-18-10-5-6-11-19(18)25(21)14-13-17-8-3-2-4-9-17/h5-7,10-12,15,17H,2-4,8-9,13-14,16H2,1H3. The van der Waals surface area contributed by atoms with E-state index in [1.165, 1.54) is 44.8 Å². The minimum absolute atomic E-state index is 0.120. The van der Waals surface area contributed by atoms with Gasteiger partial charge in [-0.1, -0.05) is 44.2 Å². The third kappa shape index (κ3) is 3.92. The molecule has 0 spiro atoms. The summed E-state index contributed by atoms with van der Waals surface area (Å²) in [6, 6.07) is 11.7. The van der Waals surface area contributed by atoms with Crippen molar-refractivity contribution in [3.05, 3.63) is 54.2 Å². The van der Waals surface area contributed by atoms with Crippen LogP contribution in [0.2, 0.25) is 0 Å². The van der Waals surface area contributed by atoms with Gasteiger partial charge in [-0.15, -0.1) is 0 Å². The summed E-state index contributed by atoms with van der Waals surface area (Å²) in [5.41, 5.74) is 2.15. The molecule has 5 nitrogen and oxygen atoms in total. The summed E-state index contributed by atoms with van der Waals surface area (Å²) in [5.74, 6) is 2.00. The van der Waals surface area contributed by atoms with Gasteiger partial charge in [0.2, 0.25) is 0 Å². The summed E-state index contributed by atoms with van der Waals surface area (Å²) in [5, 5.41) is 0. The fraction of sp³-hybridized carbons (Fsp3) is 0.455. The number of furan rings is 1. The van der Waals surface area contributed by atoms with Gasteiger partial charge < -0.3 is 13.9 Å². The maximum absolute atomic E-state index is 12.5. The molecule has 0 saturated heterocycles. The third-order valence-electron chi connectivity index (χ3n) is 5.68. The molecule has 142 valence electrons. The number of hydrogen-bond donors (Lipinski definition) is 0. The number of benzene rings is 1. The van der Waals surface area contributed by atoms with Crippen LogP contribution in [-0.4, -0.2) is 27.4 Å². The molecule has 1 aliphatic rings. The quantitative estimate of drug-likeness (QED) is 0.626. The van der Waals surface area contributed by atoms with Crippen molar-refractivity contribution in [2.45, 2.75) is 51.6 Å². The number of imidazole rings is 1. The molecule has 1 saturated carbocycles. The van der Waals surface area contributed by atoms with Gasteiger partial charge in [-0.3, -0.25) is 4.79 Å². The minimum Gasteiger partial charge on any atom is -0.459 e. The highest BCUT2D eigenvalue weighted by Gasteiger charge is 2.20. The van der Waals surface area contributed by atoms with Gasteiger partial charge in [0.25, 0.3) is 5.91 Å². The molecule has 1 aromatic carbocycles. The second-order valence-electron chi connectivity index (χ2n) is 7.60. The molecule has 3 aromatic rings.